The van der Waals surface area contributed by atoms with Crippen molar-refractivity contribution in [2.45, 2.75) is 18.1 Å². The van der Waals surface area contributed by atoms with E-state index in [9.17, 15) is 4.79 Å². The van der Waals surface area contributed by atoms with Crippen molar-refractivity contribution in [2.24, 2.45) is 0 Å². The zero-order chi connectivity index (χ0) is 11.8. The van der Waals surface area contributed by atoms with Gasteiger partial charge < -0.3 is 4.90 Å². The fourth-order valence-electron chi connectivity index (χ4n) is 2.39. The first-order valence-corrected chi connectivity index (χ1v) is 7.08. The molecule has 0 bridgehead atoms. The molecule has 0 radical (unpaired) electrons. The van der Waals surface area contributed by atoms with Crippen LogP contribution in [0.15, 0.2) is 41.4 Å². The van der Waals surface area contributed by atoms with Gasteiger partial charge in [-0.05, 0) is 29.1 Å². The molecule has 2 aliphatic heterocycles. The van der Waals surface area contributed by atoms with Crippen molar-refractivity contribution in [1.29, 1.82) is 4.78 Å². The van der Waals surface area contributed by atoms with Crippen molar-refractivity contribution in [3.8, 4) is 0 Å². The minimum Gasteiger partial charge on any atom is -0.305 e. The molecule has 17 heavy (non-hydrogen) atoms. The lowest BCUT2D eigenvalue weighted by Gasteiger charge is -2.20. The molecule has 1 N–H and O–H groups in total. The SMILES string of the molecule is N=S1C2=CCCCN2C(=O)C1c1ccccc1. The Morgan fingerprint density at radius 3 is 2.76 bits per heavy atom. The smallest absolute Gasteiger partial charge is 0.246 e. The van der Waals surface area contributed by atoms with Gasteiger partial charge in [-0.1, -0.05) is 36.4 Å². The van der Waals surface area contributed by atoms with Gasteiger partial charge in [-0.25, -0.2) is 0 Å². The fraction of sp³-hybridized carbons (Fsp3) is 0.308. The van der Waals surface area contributed by atoms with E-state index in [1.54, 1.807) is 0 Å². The summed E-state index contributed by atoms with van der Waals surface area (Å²) in [5.41, 5.74) is 0.978. The van der Waals surface area contributed by atoms with E-state index in [4.69, 9.17) is 4.78 Å². The molecule has 0 aromatic heterocycles. The molecular formula is C13H14N2OS. The number of carbonyl (C=O) groups excluding carboxylic acids is 1. The highest BCUT2D eigenvalue weighted by Crippen LogP contribution is 2.38. The van der Waals surface area contributed by atoms with Gasteiger partial charge in [0.2, 0.25) is 5.91 Å². The van der Waals surface area contributed by atoms with Crippen molar-refractivity contribution < 1.29 is 4.79 Å². The largest absolute Gasteiger partial charge is 0.305 e. The molecule has 4 heteroatoms. The van der Waals surface area contributed by atoms with Crippen LogP contribution in [-0.4, -0.2) is 17.4 Å². The zero-order valence-corrected chi connectivity index (χ0v) is 10.2. The van der Waals surface area contributed by atoms with Crippen LogP contribution in [0.5, 0.6) is 0 Å². The van der Waals surface area contributed by atoms with E-state index in [1.807, 2.05) is 35.2 Å². The molecule has 1 aromatic carbocycles. The molecule has 3 nitrogen and oxygen atoms in total. The third kappa shape index (κ3) is 1.63. The van der Waals surface area contributed by atoms with E-state index < -0.39 is 10.7 Å². The van der Waals surface area contributed by atoms with Crippen molar-refractivity contribution in [1.82, 2.24) is 4.90 Å². The molecule has 1 amide bonds. The topological polar surface area (TPSA) is 44.2 Å². The summed E-state index contributed by atoms with van der Waals surface area (Å²) in [6.07, 6.45) is 4.09. The van der Waals surface area contributed by atoms with E-state index in [-0.39, 0.29) is 11.2 Å². The van der Waals surface area contributed by atoms with Gasteiger partial charge >= 0.3 is 0 Å². The number of fused-ring (bicyclic) bond motifs is 1. The van der Waals surface area contributed by atoms with Gasteiger partial charge in [-0.15, -0.1) is 0 Å². The van der Waals surface area contributed by atoms with Crippen LogP contribution in [0.2, 0.25) is 0 Å². The quantitative estimate of drug-likeness (QED) is 0.813. The Bertz CT molecular complexity index is 509. The maximum Gasteiger partial charge on any atom is 0.246 e. The first-order valence-electron chi connectivity index (χ1n) is 5.80. The van der Waals surface area contributed by atoms with Gasteiger partial charge in [0.1, 0.15) is 5.25 Å². The Morgan fingerprint density at radius 2 is 2.06 bits per heavy atom. The maximum atomic E-state index is 12.3. The van der Waals surface area contributed by atoms with Crippen molar-refractivity contribution in [3.63, 3.8) is 0 Å². The molecule has 88 valence electrons. The maximum absolute atomic E-state index is 12.3. The minimum atomic E-state index is -0.721. The summed E-state index contributed by atoms with van der Waals surface area (Å²) in [7, 11) is -0.721. The average molecular weight is 246 g/mol. The second-order valence-electron chi connectivity index (χ2n) is 4.30. The van der Waals surface area contributed by atoms with Gasteiger partial charge in [-0.2, -0.15) is 0 Å². The van der Waals surface area contributed by atoms with Crippen LogP contribution in [0.1, 0.15) is 23.7 Å². The number of nitrogens with zero attached hydrogens (tertiary/aromatic N) is 1. The van der Waals surface area contributed by atoms with Gasteiger partial charge in [0.05, 0.1) is 5.03 Å². The van der Waals surface area contributed by atoms with Crippen LogP contribution in [0.4, 0.5) is 0 Å². The number of hydrogen-bond donors (Lipinski definition) is 1. The second kappa shape index (κ2) is 4.11. The summed E-state index contributed by atoms with van der Waals surface area (Å²) in [4.78, 5) is 14.1. The molecule has 0 aliphatic carbocycles. The molecule has 3 rings (SSSR count). The fourth-order valence-corrected chi connectivity index (χ4v) is 4.11. The molecule has 0 spiro atoms. The molecule has 2 aliphatic rings. The lowest BCUT2D eigenvalue weighted by molar-refractivity contribution is -0.127. The highest BCUT2D eigenvalue weighted by Gasteiger charge is 2.41. The van der Waals surface area contributed by atoms with Crippen LogP contribution < -0.4 is 0 Å². The van der Waals surface area contributed by atoms with Crippen LogP contribution in [0.25, 0.3) is 0 Å². The van der Waals surface area contributed by atoms with Crippen molar-refractivity contribution in [3.05, 3.63) is 47.0 Å². The number of allylic oxidation sites excluding steroid dienone is 1. The van der Waals surface area contributed by atoms with E-state index in [0.717, 1.165) is 30.0 Å². The standard InChI is InChI=1S/C13H14N2OS/c14-17-11-8-4-5-9-15(11)13(16)12(17)10-6-2-1-3-7-10/h1-3,6-8,12,14H,4-5,9H2. The molecule has 1 saturated heterocycles. The lowest BCUT2D eigenvalue weighted by atomic mass is 10.1. The molecular weight excluding hydrogens is 232 g/mol. The highest BCUT2D eigenvalue weighted by molar-refractivity contribution is 7.91. The number of benzene rings is 1. The third-order valence-electron chi connectivity index (χ3n) is 3.22. The molecule has 0 saturated carbocycles. The second-order valence-corrected chi connectivity index (χ2v) is 5.87. The average Bonchev–Trinajstić information content (AvgIpc) is 2.64. The van der Waals surface area contributed by atoms with Gasteiger partial charge in [-0.3, -0.25) is 9.57 Å². The van der Waals surface area contributed by atoms with Gasteiger partial charge in [0, 0.05) is 6.54 Å². The Kier molecular flexibility index (Phi) is 2.59. The summed E-state index contributed by atoms with van der Waals surface area (Å²) in [6, 6.07) is 9.72. The van der Waals surface area contributed by atoms with Gasteiger partial charge in [0.25, 0.3) is 0 Å². The Labute approximate surface area is 103 Å². The highest BCUT2D eigenvalue weighted by atomic mass is 32.2. The predicted octanol–water partition coefficient (Wildman–Crippen LogP) is 2.59. The Balaban J connectivity index is 2.03. The number of rotatable bonds is 1. The van der Waals surface area contributed by atoms with Crippen LogP contribution in [0, 0.1) is 4.78 Å². The van der Waals surface area contributed by atoms with Crippen molar-refractivity contribution >= 4 is 16.6 Å². The Hall–Kier alpha value is -1.42. The van der Waals surface area contributed by atoms with Crippen LogP contribution >= 0.6 is 0 Å². The summed E-state index contributed by atoms with van der Waals surface area (Å²) in [5.74, 6) is 0.112. The monoisotopic (exact) mass is 246 g/mol. The van der Waals surface area contributed by atoms with E-state index in [1.165, 1.54) is 0 Å². The number of amides is 1. The van der Waals surface area contributed by atoms with E-state index in [0.29, 0.717) is 0 Å². The number of carbonyl (C=O) groups is 1. The van der Waals surface area contributed by atoms with E-state index in [2.05, 4.69) is 6.08 Å². The predicted molar refractivity (Wildman–Crippen MR) is 68.3 cm³/mol. The molecule has 1 aromatic rings. The van der Waals surface area contributed by atoms with Crippen LogP contribution in [0.3, 0.4) is 0 Å². The molecule has 1 fully saturated rings. The summed E-state index contributed by atoms with van der Waals surface area (Å²) in [6.45, 7) is 0.788. The zero-order valence-electron chi connectivity index (χ0n) is 9.43. The minimum absolute atomic E-state index is 0.112. The van der Waals surface area contributed by atoms with Gasteiger partial charge in [0.15, 0.2) is 0 Å². The molecule has 2 unspecified atom stereocenters. The normalized spacial score (nSPS) is 27.9. The third-order valence-corrected chi connectivity index (χ3v) is 5.01. The molecule has 2 heterocycles. The summed E-state index contributed by atoms with van der Waals surface area (Å²) in [5, 5.41) is 0.663. The van der Waals surface area contributed by atoms with Crippen LogP contribution in [-0.2, 0) is 15.5 Å². The lowest BCUT2D eigenvalue weighted by Crippen LogP contribution is -2.28. The number of nitrogens with one attached hydrogen (secondary N) is 1. The summed E-state index contributed by atoms with van der Waals surface area (Å²) < 4.78 is 8.28. The molecule has 2 atom stereocenters. The van der Waals surface area contributed by atoms with E-state index >= 15 is 0 Å². The first-order chi connectivity index (χ1) is 8.29. The summed E-state index contributed by atoms with van der Waals surface area (Å²) >= 11 is 0. The number of hydrogen-bond acceptors (Lipinski definition) is 2. The first kappa shape index (κ1) is 10.7. The Morgan fingerprint density at radius 1 is 1.29 bits per heavy atom. The van der Waals surface area contributed by atoms with Crippen molar-refractivity contribution in [2.75, 3.05) is 6.54 Å².